The van der Waals surface area contributed by atoms with Gasteiger partial charge in [0.15, 0.2) is 6.61 Å². The molecule has 0 radical (unpaired) electrons. The lowest BCUT2D eigenvalue weighted by Gasteiger charge is -2.18. The summed E-state index contributed by atoms with van der Waals surface area (Å²) in [4.78, 5) is 28.9. The quantitative estimate of drug-likeness (QED) is 0.692. The average molecular weight is 352 g/mol. The number of para-hydroxylation sites is 2. The number of likely N-dealkylation sites (N-methyl/N-ethyl adjacent to an activating group) is 1. The summed E-state index contributed by atoms with van der Waals surface area (Å²) in [7, 11) is 3.24. The maximum Gasteiger partial charge on any atom is 0.355 e. The summed E-state index contributed by atoms with van der Waals surface area (Å²) in [6.07, 6.45) is 0. The molecule has 26 heavy (non-hydrogen) atoms. The van der Waals surface area contributed by atoms with Gasteiger partial charge in [0, 0.05) is 30.1 Å². The van der Waals surface area contributed by atoms with Gasteiger partial charge in [-0.15, -0.1) is 0 Å². The number of nitrogens with zero attached hydrogens (tertiary/aromatic N) is 1. The molecule has 134 valence electrons. The molecule has 6 nitrogen and oxygen atoms in total. The summed E-state index contributed by atoms with van der Waals surface area (Å²) < 4.78 is 10.4. The van der Waals surface area contributed by atoms with Gasteiger partial charge in [-0.2, -0.15) is 0 Å². The predicted octanol–water partition coefficient (Wildman–Crippen LogP) is 2.99. The van der Waals surface area contributed by atoms with Crippen LogP contribution in [0.25, 0.3) is 10.9 Å². The lowest BCUT2D eigenvalue weighted by Crippen LogP contribution is -2.31. The smallest absolute Gasteiger partial charge is 0.355 e. The first-order chi connectivity index (χ1) is 12.6. The summed E-state index contributed by atoms with van der Waals surface area (Å²) in [5.41, 5.74) is 2.05. The van der Waals surface area contributed by atoms with E-state index in [4.69, 9.17) is 9.47 Å². The van der Waals surface area contributed by atoms with Crippen molar-refractivity contribution in [1.29, 1.82) is 0 Å². The molecule has 1 aromatic heterocycles. The fourth-order valence-electron chi connectivity index (χ4n) is 2.68. The van der Waals surface area contributed by atoms with E-state index < -0.39 is 5.97 Å². The Hall–Kier alpha value is -3.28. The van der Waals surface area contributed by atoms with E-state index in [1.807, 2.05) is 48.5 Å². The highest BCUT2D eigenvalue weighted by molar-refractivity contribution is 5.95. The minimum atomic E-state index is -0.555. The summed E-state index contributed by atoms with van der Waals surface area (Å²) >= 11 is 0. The first-order valence-electron chi connectivity index (χ1n) is 8.19. The molecule has 1 heterocycles. The van der Waals surface area contributed by atoms with E-state index in [1.54, 1.807) is 20.2 Å². The van der Waals surface area contributed by atoms with Crippen molar-refractivity contribution in [3.05, 3.63) is 65.9 Å². The third kappa shape index (κ3) is 3.85. The Kier molecular flexibility index (Phi) is 5.22. The van der Waals surface area contributed by atoms with Crippen molar-refractivity contribution in [2.24, 2.45) is 0 Å². The second kappa shape index (κ2) is 7.74. The molecule has 3 aromatic rings. The molecule has 1 N–H and O–H groups in total. The van der Waals surface area contributed by atoms with Crippen LogP contribution in [0.1, 0.15) is 16.1 Å². The molecule has 0 atom stereocenters. The average Bonchev–Trinajstić information content (AvgIpc) is 3.10. The third-order valence-corrected chi connectivity index (χ3v) is 4.10. The first kappa shape index (κ1) is 17.5. The maximum absolute atomic E-state index is 12.3. The van der Waals surface area contributed by atoms with Crippen LogP contribution in [0.4, 0.5) is 0 Å². The maximum atomic E-state index is 12.3. The number of fused-ring (bicyclic) bond motifs is 1. The van der Waals surface area contributed by atoms with Crippen LogP contribution < -0.4 is 4.74 Å². The lowest BCUT2D eigenvalue weighted by atomic mass is 10.2. The molecular weight excluding hydrogens is 332 g/mol. The molecule has 0 bridgehead atoms. The topological polar surface area (TPSA) is 71.6 Å². The Morgan fingerprint density at radius 2 is 1.81 bits per heavy atom. The van der Waals surface area contributed by atoms with Gasteiger partial charge < -0.3 is 19.4 Å². The molecule has 0 spiro atoms. The molecule has 0 unspecified atom stereocenters. The molecule has 1 amide bonds. The number of benzene rings is 2. The molecule has 6 heteroatoms. The van der Waals surface area contributed by atoms with E-state index in [0.29, 0.717) is 18.0 Å². The number of esters is 1. The Morgan fingerprint density at radius 1 is 1.08 bits per heavy atom. The van der Waals surface area contributed by atoms with E-state index in [2.05, 4.69) is 4.98 Å². The van der Waals surface area contributed by atoms with Crippen molar-refractivity contribution in [2.45, 2.75) is 6.54 Å². The number of hydrogen-bond acceptors (Lipinski definition) is 4. The molecule has 0 aliphatic carbocycles. The number of nitrogens with one attached hydrogen (secondary N) is 1. The zero-order valence-electron chi connectivity index (χ0n) is 14.7. The number of H-pyrrole nitrogens is 1. The second-order valence-electron chi connectivity index (χ2n) is 5.91. The van der Waals surface area contributed by atoms with Gasteiger partial charge in [0.1, 0.15) is 11.4 Å². The van der Waals surface area contributed by atoms with Crippen LogP contribution in [-0.4, -0.2) is 42.5 Å². The van der Waals surface area contributed by atoms with E-state index >= 15 is 0 Å². The van der Waals surface area contributed by atoms with Crippen LogP contribution in [0, 0.1) is 0 Å². The Bertz CT molecular complexity index is 899. The minimum Gasteiger partial charge on any atom is -0.496 e. The first-order valence-corrected chi connectivity index (χ1v) is 8.19. The monoisotopic (exact) mass is 352 g/mol. The van der Waals surface area contributed by atoms with Crippen LogP contribution in [0.2, 0.25) is 0 Å². The number of ether oxygens (including phenoxy) is 2. The van der Waals surface area contributed by atoms with Crippen LogP contribution in [-0.2, 0) is 16.1 Å². The highest BCUT2D eigenvalue weighted by atomic mass is 16.5. The van der Waals surface area contributed by atoms with E-state index in [-0.39, 0.29) is 12.5 Å². The van der Waals surface area contributed by atoms with E-state index in [1.165, 1.54) is 4.90 Å². The number of aromatic amines is 1. The van der Waals surface area contributed by atoms with Gasteiger partial charge >= 0.3 is 5.97 Å². The SMILES string of the molecule is COc1ccccc1CN(C)C(=O)COC(=O)c1cc2ccccc2[nH]1. The summed E-state index contributed by atoms with van der Waals surface area (Å²) in [5, 5.41) is 0.916. The third-order valence-electron chi connectivity index (χ3n) is 4.10. The molecular formula is C20H20N2O4. The fourth-order valence-corrected chi connectivity index (χ4v) is 2.68. The minimum absolute atomic E-state index is 0.291. The van der Waals surface area contributed by atoms with Gasteiger partial charge in [-0.25, -0.2) is 4.79 Å². The van der Waals surface area contributed by atoms with Crippen LogP contribution >= 0.6 is 0 Å². The van der Waals surface area contributed by atoms with Gasteiger partial charge in [0.25, 0.3) is 5.91 Å². The van der Waals surface area contributed by atoms with Crippen LogP contribution in [0.3, 0.4) is 0 Å². The van der Waals surface area contributed by atoms with Gasteiger partial charge in [-0.3, -0.25) is 4.79 Å². The van der Waals surface area contributed by atoms with E-state index in [9.17, 15) is 9.59 Å². The van der Waals surface area contributed by atoms with Crippen molar-refractivity contribution in [3.8, 4) is 5.75 Å². The van der Waals surface area contributed by atoms with E-state index in [0.717, 1.165) is 16.5 Å². The van der Waals surface area contributed by atoms with Crippen LogP contribution in [0.5, 0.6) is 5.75 Å². The van der Waals surface area contributed by atoms with Gasteiger partial charge in [0.05, 0.1) is 7.11 Å². The van der Waals surface area contributed by atoms with Crippen molar-refractivity contribution in [2.75, 3.05) is 20.8 Å². The molecule has 3 rings (SSSR count). The number of carbonyl (C=O) groups is 2. The van der Waals surface area contributed by atoms with Crippen molar-refractivity contribution in [3.63, 3.8) is 0 Å². The van der Waals surface area contributed by atoms with Gasteiger partial charge in [-0.05, 0) is 18.2 Å². The number of methoxy groups -OCH3 is 1. The lowest BCUT2D eigenvalue weighted by molar-refractivity contribution is -0.133. The van der Waals surface area contributed by atoms with Gasteiger partial charge in [-0.1, -0.05) is 36.4 Å². The Labute approximate surface area is 151 Å². The number of aromatic nitrogens is 1. The molecule has 0 aliphatic rings. The standard InChI is InChI=1S/C20H20N2O4/c1-22(12-15-8-4-6-10-18(15)25-2)19(23)13-26-20(24)17-11-14-7-3-5-9-16(14)21-17/h3-11,21H,12-13H2,1-2H3. The Balaban J connectivity index is 1.58. The summed E-state index contributed by atoms with van der Waals surface area (Å²) in [6, 6.07) is 16.7. The normalized spacial score (nSPS) is 10.5. The zero-order valence-corrected chi connectivity index (χ0v) is 14.7. The highest BCUT2D eigenvalue weighted by Gasteiger charge is 2.16. The summed E-state index contributed by atoms with van der Waals surface area (Å²) in [5.74, 6) is -0.136. The van der Waals surface area contributed by atoms with Crippen molar-refractivity contribution >= 4 is 22.8 Å². The number of carbonyl (C=O) groups excluding carboxylic acids is 2. The van der Waals surface area contributed by atoms with Crippen molar-refractivity contribution in [1.82, 2.24) is 9.88 Å². The van der Waals surface area contributed by atoms with Crippen molar-refractivity contribution < 1.29 is 19.1 Å². The number of rotatable bonds is 6. The highest BCUT2D eigenvalue weighted by Crippen LogP contribution is 2.19. The molecule has 0 saturated carbocycles. The summed E-state index contributed by atoms with van der Waals surface area (Å²) in [6.45, 7) is 0.0482. The number of hydrogen-bond donors (Lipinski definition) is 1. The molecule has 2 aromatic carbocycles. The van der Waals surface area contributed by atoms with Gasteiger partial charge in [0.2, 0.25) is 0 Å². The largest absolute Gasteiger partial charge is 0.496 e. The fraction of sp³-hybridized carbons (Fsp3) is 0.200. The van der Waals surface area contributed by atoms with Crippen LogP contribution in [0.15, 0.2) is 54.6 Å². The molecule has 0 saturated heterocycles. The number of amides is 1. The molecule has 0 aliphatic heterocycles. The zero-order chi connectivity index (χ0) is 18.5. The second-order valence-corrected chi connectivity index (χ2v) is 5.91. The molecule has 0 fully saturated rings. The predicted molar refractivity (Wildman–Crippen MR) is 98.0 cm³/mol. The Morgan fingerprint density at radius 3 is 2.58 bits per heavy atom.